The van der Waals surface area contributed by atoms with Crippen molar-refractivity contribution in [2.75, 3.05) is 13.4 Å². The Hall–Kier alpha value is -7.34. The Morgan fingerprint density at radius 2 is 1.39 bits per heavy atom. The number of benzene rings is 5. The predicted molar refractivity (Wildman–Crippen MR) is 223 cm³/mol. The Morgan fingerprint density at radius 3 is 2.00 bits per heavy atom. The smallest absolute Gasteiger partial charge is 0.343 e. The van der Waals surface area contributed by atoms with E-state index in [0.29, 0.717) is 42.4 Å². The minimum absolute atomic E-state index is 0.248. The molecule has 0 radical (unpaired) electrons. The highest BCUT2D eigenvalue weighted by atomic mass is 16.7. The lowest BCUT2D eigenvalue weighted by Crippen LogP contribution is -2.39. The Balaban J connectivity index is 1.17. The average molecular weight is 786 g/mol. The number of esters is 2. The Labute approximate surface area is 341 Å². The summed E-state index contributed by atoms with van der Waals surface area (Å²) in [5.41, 5.74) is 7.23. The standard InChI is InChI=1S/C47H43N7O5/c1-4-16-42(55)58-32-59-45(56)39-23-15-24-40-43(39)53(46(48-40)57-5-2)31-34-25-27-38(28-26-34)52-30-33(3)29-41(52)44-49-50-51-54(44)47(35-17-9-6-10-18-35,36-19-11-7-12-20-36)37-21-13-8-14-22-37/h6-15,17-30H,4-5,16,31-32H2,1-3H3. The van der Waals surface area contributed by atoms with Crippen LogP contribution in [0.5, 0.6) is 6.01 Å². The number of carbonyl (C=O) groups is 2. The zero-order chi connectivity index (χ0) is 40.8. The van der Waals surface area contributed by atoms with Crippen LogP contribution in [0.3, 0.4) is 0 Å². The van der Waals surface area contributed by atoms with Crippen molar-refractivity contribution in [1.29, 1.82) is 0 Å². The Bertz CT molecular complexity index is 2590. The monoisotopic (exact) mass is 785 g/mol. The van der Waals surface area contributed by atoms with Gasteiger partial charge in [0, 0.05) is 18.3 Å². The molecule has 0 N–H and O–H groups in total. The third-order valence-corrected chi connectivity index (χ3v) is 10.2. The summed E-state index contributed by atoms with van der Waals surface area (Å²) in [7, 11) is 0. The molecule has 3 heterocycles. The minimum Gasteiger partial charge on any atom is -0.465 e. The fourth-order valence-electron chi connectivity index (χ4n) is 7.62. The summed E-state index contributed by atoms with van der Waals surface area (Å²) < 4.78 is 22.3. The molecule has 8 aromatic rings. The topological polar surface area (TPSA) is 128 Å². The summed E-state index contributed by atoms with van der Waals surface area (Å²) in [6.07, 6.45) is 2.96. The van der Waals surface area contributed by atoms with Gasteiger partial charge in [0.1, 0.15) is 5.54 Å². The van der Waals surface area contributed by atoms with Crippen LogP contribution in [-0.4, -0.2) is 59.7 Å². The first-order chi connectivity index (χ1) is 28.9. The van der Waals surface area contributed by atoms with E-state index in [2.05, 4.69) is 65.4 Å². The SMILES string of the molecule is CCCC(=O)OCOC(=O)c1cccc2nc(OCC)n(Cc3ccc(-n4cc(C)cc4-c4nnnn4C(c4ccccc4)(c4ccccc4)c4ccccc4)cc3)c12. The minimum atomic E-state index is -0.911. The van der Waals surface area contributed by atoms with E-state index in [1.54, 1.807) is 12.1 Å². The molecule has 12 heteroatoms. The molecule has 0 spiro atoms. The van der Waals surface area contributed by atoms with E-state index in [0.717, 1.165) is 39.2 Å². The summed E-state index contributed by atoms with van der Waals surface area (Å²) in [6, 6.07) is 46.8. The lowest BCUT2D eigenvalue weighted by atomic mass is 9.77. The van der Waals surface area contributed by atoms with Crippen molar-refractivity contribution in [1.82, 2.24) is 34.3 Å². The van der Waals surface area contributed by atoms with Gasteiger partial charge in [0.2, 0.25) is 12.6 Å². The van der Waals surface area contributed by atoms with Crippen molar-refractivity contribution >= 4 is 23.0 Å². The van der Waals surface area contributed by atoms with Crippen LogP contribution in [0.2, 0.25) is 0 Å². The van der Waals surface area contributed by atoms with E-state index in [1.165, 1.54) is 0 Å². The average Bonchev–Trinajstić information content (AvgIpc) is 4.00. The molecular weight excluding hydrogens is 743 g/mol. The molecule has 0 fully saturated rings. The van der Waals surface area contributed by atoms with Crippen LogP contribution in [0.15, 0.2) is 146 Å². The molecule has 0 amide bonds. The number of hydrogen-bond donors (Lipinski definition) is 0. The molecule has 8 rings (SSSR count). The van der Waals surface area contributed by atoms with Gasteiger partial charge in [-0.05, 0) is 88.8 Å². The van der Waals surface area contributed by atoms with Crippen LogP contribution < -0.4 is 4.74 Å². The molecule has 0 atom stereocenters. The van der Waals surface area contributed by atoms with Gasteiger partial charge in [0.05, 0.1) is 35.4 Å². The highest BCUT2D eigenvalue weighted by Crippen LogP contribution is 2.42. The number of rotatable bonds is 15. The second kappa shape index (κ2) is 17.0. The molecule has 5 aromatic carbocycles. The van der Waals surface area contributed by atoms with Crippen LogP contribution in [0.4, 0.5) is 0 Å². The number of hydrogen-bond acceptors (Lipinski definition) is 9. The second-order valence-electron chi connectivity index (χ2n) is 14.1. The summed E-state index contributed by atoms with van der Waals surface area (Å²) in [5.74, 6) is -0.469. The quantitative estimate of drug-likeness (QED) is 0.0571. The summed E-state index contributed by atoms with van der Waals surface area (Å²) in [4.78, 5) is 29.9. The number of imidazole rings is 1. The van der Waals surface area contributed by atoms with Gasteiger partial charge >= 0.3 is 11.9 Å². The van der Waals surface area contributed by atoms with E-state index in [-0.39, 0.29) is 12.0 Å². The maximum absolute atomic E-state index is 13.3. The number of nitrogens with zero attached hydrogens (tertiary/aromatic N) is 7. The molecule has 0 saturated heterocycles. The lowest BCUT2D eigenvalue weighted by Gasteiger charge is -2.36. The number of tetrazole rings is 1. The van der Waals surface area contributed by atoms with E-state index in [1.807, 2.05) is 108 Å². The highest BCUT2D eigenvalue weighted by Gasteiger charge is 2.42. The van der Waals surface area contributed by atoms with Crippen LogP contribution >= 0.6 is 0 Å². The van der Waals surface area contributed by atoms with Gasteiger partial charge in [0.25, 0.3) is 6.01 Å². The second-order valence-corrected chi connectivity index (χ2v) is 14.1. The van der Waals surface area contributed by atoms with Crippen molar-refractivity contribution < 1.29 is 23.8 Å². The van der Waals surface area contributed by atoms with E-state index in [9.17, 15) is 9.59 Å². The molecular formula is C47H43N7O5. The van der Waals surface area contributed by atoms with Gasteiger partial charge in [0.15, 0.2) is 0 Å². The van der Waals surface area contributed by atoms with Gasteiger partial charge in [-0.1, -0.05) is 116 Å². The molecule has 0 saturated carbocycles. The van der Waals surface area contributed by atoms with Crippen molar-refractivity contribution in [2.45, 2.75) is 45.7 Å². The van der Waals surface area contributed by atoms with Crippen LogP contribution in [0, 0.1) is 6.92 Å². The van der Waals surface area contributed by atoms with Gasteiger partial charge in [-0.2, -0.15) is 4.98 Å². The van der Waals surface area contributed by atoms with Gasteiger partial charge in [-0.15, -0.1) is 5.10 Å². The van der Waals surface area contributed by atoms with Crippen LogP contribution in [0.25, 0.3) is 28.2 Å². The molecule has 296 valence electrons. The first kappa shape index (κ1) is 38.5. The molecule has 0 aliphatic heterocycles. The number of ether oxygens (including phenoxy) is 3. The fraction of sp³-hybridized carbons (Fsp3) is 0.191. The third kappa shape index (κ3) is 7.48. The summed E-state index contributed by atoms with van der Waals surface area (Å²) in [6.45, 7) is 6.07. The normalized spacial score (nSPS) is 11.4. The zero-order valence-electron chi connectivity index (χ0n) is 33.1. The number of aromatic nitrogens is 7. The summed E-state index contributed by atoms with van der Waals surface area (Å²) in [5, 5.41) is 13.8. The van der Waals surface area contributed by atoms with Crippen molar-refractivity contribution in [2.24, 2.45) is 0 Å². The summed E-state index contributed by atoms with van der Waals surface area (Å²) >= 11 is 0. The molecule has 59 heavy (non-hydrogen) atoms. The molecule has 0 bridgehead atoms. The third-order valence-electron chi connectivity index (χ3n) is 10.2. The number of aryl methyl sites for hydroxylation is 1. The fourth-order valence-corrected chi connectivity index (χ4v) is 7.62. The molecule has 0 unspecified atom stereocenters. The zero-order valence-corrected chi connectivity index (χ0v) is 33.1. The largest absolute Gasteiger partial charge is 0.465 e. The van der Waals surface area contributed by atoms with Gasteiger partial charge < -0.3 is 18.8 Å². The van der Waals surface area contributed by atoms with Crippen LogP contribution in [-0.2, 0) is 26.4 Å². The Morgan fingerprint density at radius 1 is 0.746 bits per heavy atom. The molecule has 0 aliphatic carbocycles. The highest BCUT2D eigenvalue weighted by molar-refractivity contribution is 6.02. The first-order valence-electron chi connectivity index (χ1n) is 19.6. The van der Waals surface area contributed by atoms with Crippen LogP contribution in [0.1, 0.15) is 64.9 Å². The van der Waals surface area contributed by atoms with E-state index in [4.69, 9.17) is 29.5 Å². The maximum Gasteiger partial charge on any atom is 0.343 e. The van der Waals surface area contributed by atoms with Crippen molar-refractivity contribution in [3.05, 3.63) is 179 Å². The van der Waals surface area contributed by atoms with Gasteiger partial charge in [-0.25, -0.2) is 9.48 Å². The Kier molecular flexibility index (Phi) is 11.1. The molecule has 12 nitrogen and oxygen atoms in total. The molecule has 0 aliphatic rings. The van der Waals surface area contributed by atoms with E-state index >= 15 is 0 Å². The predicted octanol–water partition coefficient (Wildman–Crippen LogP) is 8.53. The van der Waals surface area contributed by atoms with E-state index < -0.39 is 24.3 Å². The number of carbonyl (C=O) groups excluding carboxylic acids is 2. The number of para-hydroxylation sites is 1. The number of fused-ring (bicyclic) bond motifs is 1. The van der Waals surface area contributed by atoms with Crippen molar-refractivity contribution in [3.8, 4) is 23.2 Å². The van der Waals surface area contributed by atoms with Gasteiger partial charge in [-0.3, -0.25) is 9.36 Å². The molecule has 3 aromatic heterocycles. The first-order valence-corrected chi connectivity index (χ1v) is 19.6. The van der Waals surface area contributed by atoms with Crippen molar-refractivity contribution in [3.63, 3.8) is 0 Å². The lowest BCUT2D eigenvalue weighted by molar-refractivity contribution is -0.152. The maximum atomic E-state index is 13.3.